The fourth-order valence-corrected chi connectivity index (χ4v) is 1.09. The van der Waals surface area contributed by atoms with Gasteiger partial charge < -0.3 is 9.84 Å². The second kappa shape index (κ2) is 3.97. The molecule has 0 aliphatic rings. The average molecular weight is 220 g/mol. The SMILES string of the molecule is Cc1cc(Oc2nccnc2C(=O)O)n[nH]1. The standard InChI is InChI=1S/C9H8N4O3/c1-5-4-6(13-12-5)16-8-7(9(14)15)10-2-3-11-8/h2-4H,1H3,(H,12,13)(H,14,15). The Morgan fingerprint density at radius 2 is 2.19 bits per heavy atom. The molecule has 2 aromatic rings. The van der Waals surface area contributed by atoms with E-state index < -0.39 is 5.97 Å². The van der Waals surface area contributed by atoms with Crippen LogP contribution in [0.2, 0.25) is 0 Å². The number of carbonyl (C=O) groups is 1. The molecule has 0 saturated carbocycles. The maximum Gasteiger partial charge on any atom is 0.360 e. The predicted molar refractivity (Wildman–Crippen MR) is 52.4 cm³/mol. The molecule has 2 heterocycles. The van der Waals surface area contributed by atoms with Crippen LogP contribution in [0.3, 0.4) is 0 Å². The van der Waals surface area contributed by atoms with Gasteiger partial charge in [-0.1, -0.05) is 0 Å². The Morgan fingerprint density at radius 1 is 1.44 bits per heavy atom. The smallest absolute Gasteiger partial charge is 0.360 e. The molecular weight excluding hydrogens is 212 g/mol. The van der Waals surface area contributed by atoms with Crippen LogP contribution in [0.25, 0.3) is 0 Å². The molecule has 2 N–H and O–H groups in total. The summed E-state index contributed by atoms with van der Waals surface area (Å²) < 4.78 is 5.19. The first-order valence-electron chi connectivity index (χ1n) is 4.41. The van der Waals surface area contributed by atoms with Gasteiger partial charge >= 0.3 is 5.97 Å². The van der Waals surface area contributed by atoms with E-state index in [1.54, 1.807) is 13.0 Å². The first kappa shape index (κ1) is 10.1. The molecule has 7 nitrogen and oxygen atoms in total. The lowest BCUT2D eigenvalue weighted by Crippen LogP contribution is -2.04. The van der Waals surface area contributed by atoms with Crippen LogP contribution in [0.1, 0.15) is 16.2 Å². The van der Waals surface area contributed by atoms with E-state index in [2.05, 4.69) is 20.2 Å². The molecule has 7 heteroatoms. The van der Waals surface area contributed by atoms with E-state index >= 15 is 0 Å². The van der Waals surface area contributed by atoms with E-state index in [9.17, 15) is 4.79 Å². The Hall–Kier alpha value is -2.44. The first-order chi connectivity index (χ1) is 7.66. The van der Waals surface area contributed by atoms with Gasteiger partial charge in [-0.3, -0.25) is 5.10 Å². The van der Waals surface area contributed by atoms with E-state index in [1.807, 2.05) is 0 Å². The Labute approximate surface area is 90.1 Å². The van der Waals surface area contributed by atoms with Crippen molar-refractivity contribution in [1.82, 2.24) is 20.2 Å². The lowest BCUT2D eigenvalue weighted by molar-refractivity contribution is 0.0686. The van der Waals surface area contributed by atoms with Crippen molar-refractivity contribution in [2.24, 2.45) is 0 Å². The van der Waals surface area contributed by atoms with Crippen LogP contribution in [-0.2, 0) is 0 Å². The van der Waals surface area contributed by atoms with E-state index in [0.29, 0.717) is 0 Å². The highest BCUT2D eigenvalue weighted by Crippen LogP contribution is 2.19. The second-order valence-electron chi connectivity index (χ2n) is 3.01. The van der Waals surface area contributed by atoms with Gasteiger partial charge in [0.25, 0.3) is 5.88 Å². The van der Waals surface area contributed by atoms with Gasteiger partial charge in [0, 0.05) is 24.2 Å². The normalized spacial score (nSPS) is 10.1. The summed E-state index contributed by atoms with van der Waals surface area (Å²) in [6.45, 7) is 1.80. The molecule has 0 bridgehead atoms. The number of aryl methyl sites for hydroxylation is 1. The van der Waals surface area contributed by atoms with Crippen molar-refractivity contribution in [3.63, 3.8) is 0 Å². The number of hydrogen-bond donors (Lipinski definition) is 2. The van der Waals surface area contributed by atoms with Crippen LogP contribution in [0.4, 0.5) is 0 Å². The molecular formula is C9H8N4O3. The molecule has 2 aromatic heterocycles. The largest absolute Gasteiger partial charge is 0.476 e. The Bertz CT molecular complexity index is 523. The summed E-state index contributed by atoms with van der Waals surface area (Å²) in [5.41, 5.74) is 0.555. The third-order valence-electron chi connectivity index (χ3n) is 1.75. The van der Waals surface area contributed by atoms with E-state index in [1.165, 1.54) is 12.4 Å². The van der Waals surface area contributed by atoms with Crippen LogP contribution in [0.5, 0.6) is 11.8 Å². The number of carboxylic acid groups (broad SMARTS) is 1. The van der Waals surface area contributed by atoms with Crippen molar-refractivity contribution in [3.05, 3.63) is 29.8 Å². The summed E-state index contributed by atoms with van der Waals surface area (Å²) in [4.78, 5) is 18.2. The van der Waals surface area contributed by atoms with Crippen molar-refractivity contribution < 1.29 is 14.6 Å². The minimum atomic E-state index is -1.20. The number of ether oxygens (including phenoxy) is 1. The summed E-state index contributed by atoms with van der Waals surface area (Å²) in [7, 11) is 0. The van der Waals surface area contributed by atoms with Gasteiger partial charge in [-0.2, -0.15) is 0 Å². The maximum atomic E-state index is 10.8. The Kier molecular flexibility index (Phi) is 2.50. The maximum absolute atomic E-state index is 10.8. The fourth-order valence-electron chi connectivity index (χ4n) is 1.09. The Balaban J connectivity index is 2.31. The van der Waals surface area contributed by atoms with Gasteiger partial charge in [0.15, 0.2) is 0 Å². The molecule has 0 fully saturated rings. The van der Waals surface area contributed by atoms with Gasteiger partial charge in [0.1, 0.15) is 0 Å². The zero-order valence-electron chi connectivity index (χ0n) is 8.34. The first-order valence-corrected chi connectivity index (χ1v) is 4.41. The minimum Gasteiger partial charge on any atom is -0.476 e. The number of aromatic nitrogens is 4. The summed E-state index contributed by atoms with van der Waals surface area (Å²) in [6.07, 6.45) is 2.63. The van der Waals surface area contributed by atoms with Crippen molar-refractivity contribution in [2.45, 2.75) is 6.92 Å². The van der Waals surface area contributed by atoms with Gasteiger partial charge in [0.2, 0.25) is 11.6 Å². The molecule has 82 valence electrons. The van der Waals surface area contributed by atoms with Gasteiger partial charge in [-0.05, 0) is 6.92 Å². The quantitative estimate of drug-likeness (QED) is 0.800. The molecule has 0 radical (unpaired) electrons. The molecule has 0 saturated heterocycles. The summed E-state index contributed by atoms with van der Waals surface area (Å²) in [5.74, 6) is -1.03. The number of aromatic carboxylic acids is 1. The molecule has 0 spiro atoms. The molecule has 2 rings (SSSR count). The minimum absolute atomic E-state index is 0.0819. The van der Waals surface area contributed by atoms with Gasteiger partial charge in [-0.25, -0.2) is 14.8 Å². The number of hydrogen-bond acceptors (Lipinski definition) is 5. The third kappa shape index (κ3) is 1.97. The molecule has 0 atom stereocenters. The second-order valence-corrected chi connectivity index (χ2v) is 3.01. The van der Waals surface area contributed by atoms with Crippen molar-refractivity contribution >= 4 is 5.97 Å². The van der Waals surface area contributed by atoms with Crippen LogP contribution in [0, 0.1) is 6.92 Å². The summed E-state index contributed by atoms with van der Waals surface area (Å²) in [5, 5.41) is 15.3. The number of nitrogens with one attached hydrogen (secondary N) is 1. The van der Waals surface area contributed by atoms with Crippen molar-refractivity contribution in [2.75, 3.05) is 0 Å². The van der Waals surface area contributed by atoms with Crippen LogP contribution < -0.4 is 4.74 Å². The highest BCUT2D eigenvalue weighted by Gasteiger charge is 2.15. The van der Waals surface area contributed by atoms with E-state index in [4.69, 9.17) is 9.84 Å². The molecule has 0 aliphatic heterocycles. The van der Waals surface area contributed by atoms with Crippen molar-refractivity contribution in [1.29, 1.82) is 0 Å². The van der Waals surface area contributed by atoms with Crippen LogP contribution in [-0.4, -0.2) is 31.2 Å². The topological polar surface area (TPSA) is 101 Å². The summed E-state index contributed by atoms with van der Waals surface area (Å²) >= 11 is 0. The highest BCUT2D eigenvalue weighted by atomic mass is 16.5. The summed E-state index contributed by atoms with van der Waals surface area (Å²) in [6, 6.07) is 1.63. The number of rotatable bonds is 3. The van der Waals surface area contributed by atoms with E-state index in [0.717, 1.165) is 5.69 Å². The fraction of sp³-hybridized carbons (Fsp3) is 0.111. The predicted octanol–water partition coefficient (Wildman–Crippen LogP) is 0.999. The monoisotopic (exact) mass is 220 g/mol. The zero-order valence-corrected chi connectivity index (χ0v) is 8.34. The Morgan fingerprint density at radius 3 is 2.81 bits per heavy atom. The number of nitrogens with zero attached hydrogens (tertiary/aromatic N) is 3. The number of H-pyrrole nitrogens is 1. The third-order valence-corrected chi connectivity index (χ3v) is 1.75. The molecule has 16 heavy (non-hydrogen) atoms. The molecule has 0 aliphatic carbocycles. The lowest BCUT2D eigenvalue weighted by Gasteiger charge is -2.02. The van der Waals surface area contributed by atoms with Crippen LogP contribution >= 0.6 is 0 Å². The van der Waals surface area contributed by atoms with Gasteiger partial charge in [-0.15, -0.1) is 5.10 Å². The van der Waals surface area contributed by atoms with Gasteiger partial charge in [0.05, 0.1) is 0 Å². The lowest BCUT2D eigenvalue weighted by atomic mass is 10.4. The number of aromatic amines is 1. The molecule has 0 unspecified atom stereocenters. The highest BCUT2D eigenvalue weighted by molar-refractivity contribution is 5.87. The zero-order chi connectivity index (χ0) is 11.5. The average Bonchev–Trinajstić information content (AvgIpc) is 2.64. The van der Waals surface area contributed by atoms with Crippen LogP contribution in [0.15, 0.2) is 18.5 Å². The molecule has 0 amide bonds. The van der Waals surface area contributed by atoms with Crippen molar-refractivity contribution in [3.8, 4) is 11.8 Å². The number of carboxylic acids is 1. The molecule has 0 aromatic carbocycles. The van der Waals surface area contributed by atoms with E-state index in [-0.39, 0.29) is 17.5 Å².